The predicted octanol–water partition coefficient (Wildman–Crippen LogP) is 2.40. The van der Waals surface area contributed by atoms with E-state index in [9.17, 15) is 9.90 Å². The van der Waals surface area contributed by atoms with Gasteiger partial charge >= 0.3 is 0 Å². The van der Waals surface area contributed by atoms with Crippen LogP contribution in [0.4, 0.5) is 5.69 Å². The SMILES string of the molecule is Cc1ccc(NC(=O)c2cncc(Cl)n2)cc1O. The Labute approximate surface area is 108 Å². The van der Waals surface area contributed by atoms with Crippen LogP contribution in [0.3, 0.4) is 0 Å². The molecule has 0 fully saturated rings. The number of halogens is 1. The van der Waals surface area contributed by atoms with Gasteiger partial charge in [0.25, 0.3) is 5.91 Å². The fraction of sp³-hybridized carbons (Fsp3) is 0.0833. The number of carbonyl (C=O) groups is 1. The van der Waals surface area contributed by atoms with Gasteiger partial charge in [-0.1, -0.05) is 17.7 Å². The molecule has 0 saturated heterocycles. The van der Waals surface area contributed by atoms with E-state index in [4.69, 9.17) is 11.6 Å². The number of nitrogens with one attached hydrogen (secondary N) is 1. The number of aromatic nitrogens is 2. The highest BCUT2D eigenvalue weighted by Crippen LogP contribution is 2.21. The smallest absolute Gasteiger partial charge is 0.275 e. The first-order valence-electron chi connectivity index (χ1n) is 5.15. The van der Waals surface area contributed by atoms with Crippen molar-refractivity contribution in [2.24, 2.45) is 0 Å². The van der Waals surface area contributed by atoms with Crippen LogP contribution in [0.15, 0.2) is 30.6 Å². The van der Waals surface area contributed by atoms with E-state index >= 15 is 0 Å². The van der Waals surface area contributed by atoms with E-state index in [1.54, 1.807) is 19.1 Å². The molecule has 5 nitrogen and oxygen atoms in total. The van der Waals surface area contributed by atoms with Gasteiger partial charge in [0.15, 0.2) is 0 Å². The summed E-state index contributed by atoms with van der Waals surface area (Å²) < 4.78 is 0. The molecule has 1 heterocycles. The maximum atomic E-state index is 11.8. The van der Waals surface area contributed by atoms with E-state index in [2.05, 4.69) is 15.3 Å². The molecular weight excluding hydrogens is 254 g/mol. The number of phenols is 1. The fourth-order valence-electron chi connectivity index (χ4n) is 1.33. The molecular formula is C12H10ClN3O2. The van der Waals surface area contributed by atoms with Crippen LogP contribution >= 0.6 is 11.6 Å². The first-order chi connectivity index (χ1) is 8.56. The van der Waals surface area contributed by atoms with Gasteiger partial charge in [-0.25, -0.2) is 4.98 Å². The number of anilines is 1. The van der Waals surface area contributed by atoms with Crippen LogP contribution in [0.1, 0.15) is 16.1 Å². The largest absolute Gasteiger partial charge is 0.508 e. The van der Waals surface area contributed by atoms with Crippen molar-refractivity contribution in [2.45, 2.75) is 6.92 Å². The Balaban J connectivity index is 2.18. The summed E-state index contributed by atoms with van der Waals surface area (Å²) >= 11 is 5.64. The van der Waals surface area contributed by atoms with E-state index in [0.717, 1.165) is 5.56 Å². The molecule has 0 spiro atoms. The first kappa shape index (κ1) is 12.3. The summed E-state index contributed by atoms with van der Waals surface area (Å²) in [5.41, 5.74) is 1.32. The number of amides is 1. The van der Waals surface area contributed by atoms with Crippen LogP contribution in [0, 0.1) is 6.92 Å². The van der Waals surface area contributed by atoms with E-state index < -0.39 is 5.91 Å². The lowest BCUT2D eigenvalue weighted by Crippen LogP contribution is -2.14. The van der Waals surface area contributed by atoms with Crippen LogP contribution in [-0.4, -0.2) is 21.0 Å². The Hall–Kier alpha value is -2.14. The second kappa shape index (κ2) is 5.01. The third-order valence-electron chi connectivity index (χ3n) is 2.30. The van der Waals surface area contributed by atoms with Crippen molar-refractivity contribution in [2.75, 3.05) is 5.32 Å². The van der Waals surface area contributed by atoms with Crippen LogP contribution in [0.25, 0.3) is 0 Å². The van der Waals surface area contributed by atoms with E-state index in [-0.39, 0.29) is 16.6 Å². The van der Waals surface area contributed by atoms with Gasteiger partial charge in [0.05, 0.1) is 12.4 Å². The fourth-order valence-corrected chi connectivity index (χ4v) is 1.48. The number of aromatic hydroxyl groups is 1. The number of hydrogen-bond donors (Lipinski definition) is 2. The van der Waals surface area contributed by atoms with Gasteiger partial charge in [-0.3, -0.25) is 9.78 Å². The van der Waals surface area contributed by atoms with Crippen LogP contribution < -0.4 is 5.32 Å². The number of hydrogen-bond acceptors (Lipinski definition) is 4. The Morgan fingerprint density at radius 1 is 1.39 bits per heavy atom. The maximum Gasteiger partial charge on any atom is 0.275 e. The van der Waals surface area contributed by atoms with Gasteiger partial charge < -0.3 is 10.4 Å². The van der Waals surface area contributed by atoms with Gasteiger partial charge in [0, 0.05) is 11.8 Å². The van der Waals surface area contributed by atoms with Gasteiger partial charge in [-0.05, 0) is 18.6 Å². The van der Waals surface area contributed by atoms with Gasteiger partial charge in [-0.2, -0.15) is 0 Å². The molecule has 0 saturated carbocycles. The minimum atomic E-state index is -0.437. The van der Waals surface area contributed by atoms with E-state index in [1.807, 2.05) is 0 Å². The zero-order valence-electron chi connectivity index (χ0n) is 9.51. The molecule has 0 unspecified atom stereocenters. The second-order valence-electron chi connectivity index (χ2n) is 3.68. The number of aryl methyl sites for hydroxylation is 1. The summed E-state index contributed by atoms with van der Waals surface area (Å²) in [5.74, 6) is -0.321. The normalized spacial score (nSPS) is 10.1. The monoisotopic (exact) mass is 263 g/mol. The first-order valence-corrected chi connectivity index (χ1v) is 5.52. The topological polar surface area (TPSA) is 75.1 Å². The predicted molar refractivity (Wildman–Crippen MR) is 67.8 cm³/mol. The molecule has 0 aliphatic carbocycles. The molecule has 18 heavy (non-hydrogen) atoms. The average Bonchev–Trinajstić information content (AvgIpc) is 2.34. The van der Waals surface area contributed by atoms with Crippen LogP contribution in [-0.2, 0) is 0 Å². The van der Waals surface area contributed by atoms with Gasteiger partial charge in [-0.15, -0.1) is 0 Å². The Bertz CT molecular complexity index is 602. The highest BCUT2D eigenvalue weighted by Gasteiger charge is 2.09. The van der Waals surface area contributed by atoms with Gasteiger partial charge in [0.1, 0.15) is 16.6 Å². The molecule has 1 amide bonds. The zero-order chi connectivity index (χ0) is 13.1. The summed E-state index contributed by atoms with van der Waals surface area (Å²) in [7, 11) is 0. The summed E-state index contributed by atoms with van der Waals surface area (Å²) in [6.45, 7) is 1.77. The Morgan fingerprint density at radius 3 is 2.83 bits per heavy atom. The molecule has 0 aliphatic heterocycles. The molecule has 6 heteroatoms. The van der Waals surface area contributed by atoms with Crippen LogP contribution in [0.2, 0.25) is 5.15 Å². The van der Waals surface area contributed by atoms with Crippen molar-refractivity contribution >= 4 is 23.2 Å². The van der Waals surface area contributed by atoms with Crippen molar-refractivity contribution in [1.29, 1.82) is 0 Å². The van der Waals surface area contributed by atoms with Crippen molar-refractivity contribution in [3.8, 4) is 5.75 Å². The van der Waals surface area contributed by atoms with Crippen molar-refractivity contribution < 1.29 is 9.90 Å². The standard InChI is InChI=1S/C12H10ClN3O2/c1-7-2-3-8(4-10(7)17)15-12(18)9-5-14-6-11(13)16-9/h2-6,17H,1H3,(H,15,18). The van der Waals surface area contributed by atoms with Crippen LogP contribution in [0.5, 0.6) is 5.75 Å². The molecule has 1 aromatic heterocycles. The lowest BCUT2D eigenvalue weighted by Gasteiger charge is -2.06. The lowest BCUT2D eigenvalue weighted by atomic mass is 10.2. The number of benzene rings is 1. The molecule has 1 aromatic carbocycles. The average molecular weight is 264 g/mol. The van der Waals surface area contributed by atoms with Crippen molar-refractivity contribution in [3.63, 3.8) is 0 Å². The molecule has 0 bridgehead atoms. The van der Waals surface area contributed by atoms with Crippen molar-refractivity contribution in [3.05, 3.63) is 47.0 Å². The minimum Gasteiger partial charge on any atom is -0.508 e. The third kappa shape index (κ3) is 2.75. The molecule has 0 aliphatic rings. The Morgan fingerprint density at radius 2 is 2.17 bits per heavy atom. The summed E-state index contributed by atoms with van der Waals surface area (Å²) in [6, 6.07) is 4.85. The third-order valence-corrected chi connectivity index (χ3v) is 2.49. The number of phenolic OH excluding ortho intramolecular Hbond substituents is 1. The summed E-state index contributed by atoms with van der Waals surface area (Å²) in [4.78, 5) is 19.4. The maximum absolute atomic E-state index is 11.8. The Kier molecular flexibility index (Phi) is 3.43. The number of nitrogens with zero attached hydrogens (tertiary/aromatic N) is 2. The molecule has 2 aromatic rings. The summed E-state index contributed by atoms with van der Waals surface area (Å²) in [5, 5.41) is 12.3. The molecule has 92 valence electrons. The molecule has 0 radical (unpaired) electrons. The molecule has 2 N–H and O–H groups in total. The molecule has 0 atom stereocenters. The highest BCUT2D eigenvalue weighted by molar-refractivity contribution is 6.29. The quantitative estimate of drug-likeness (QED) is 0.872. The highest BCUT2D eigenvalue weighted by atomic mass is 35.5. The lowest BCUT2D eigenvalue weighted by molar-refractivity contribution is 0.102. The van der Waals surface area contributed by atoms with Gasteiger partial charge in [0.2, 0.25) is 0 Å². The summed E-state index contributed by atoms with van der Waals surface area (Å²) in [6.07, 6.45) is 2.66. The van der Waals surface area contributed by atoms with E-state index in [0.29, 0.717) is 5.69 Å². The molecule has 2 rings (SSSR count). The second-order valence-corrected chi connectivity index (χ2v) is 4.07. The zero-order valence-corrected chi connectivity index (χ0v) is 10.3. The number of carbonyl (C=O) groups excluding carboxylic acids is 1. The minimum absolute atomic E-state index is 0.113. The van der Waals surface area contributed by atoms with E-state index in [1.165, 1.54) is 18.5 Å². The van der Waals surface area contributed by atoms with Crippen molar-refractivity contribution in [1.82, 2.24) is 9.97 Å². The number of rotatable bonds is 2.